The molecule has 1 N–H and O–H groups in total. The first-order valence-electron chi connectivity index (χ1n) is 5.75. The van der Waals surface area contributed by atoms with E-state index in [0.717, 1.165) is 10.0 Å². The minimum absolute atomic E-state index is 0.594. The molecule has 0 spiro atoms. The van der Waals surface area contributed by atoms with E-state index >= 15 is 0 Å². The smallest absolute Gasteiger partial charge is 0.115 e. The van der Waals surface area contributed by atoms with Crippen molar-refractivity contribution in [2.45, 2.75) is 42.0 Å². The Labute approximate surface area is 106 Å². The first kappa shape index (κ1) is 12.2. The summed E-state index contributed by atoms with van der Waals surface area (Å²) in [7, 11) is 2.05. The number of rotatable bonds is 3. The van der Waals surface area contributed by atoms with Crippen LogP contribution in [0.25, 0.3) is 0 Å². The summed E-state index contributed by atoms with van der Waals surface area (Å²) < 4.78 is 0. The standard InChI is InChI=1S/C12H17ClN2S/c1-14-10-6-2-3-7-11(10)16-12-9(13)5-4-8-15-12/h4-5,8,10-11,14H,2-3,6-7H2,1H3. The average Bonchev–Trinajstić information content (AvgIpc) is 2.33. The quantitative estimate of drug-likeness (QED) is 0.898. The van der Waals surface area contributed by atoms with Gasteiger partial charge in [-0.05, 0) is 32.0 Å². The molecule has 1 aliphatic carbocycles. The van der Waals surface area contributed by atoms with Crippen LogP contribution in [0.2, 0.25) is 5.02 Å². The zero-order valence-electron chi connectivity index (χ0n) is 9.45. The third-order valence-corrected chi connectivity index (χ3v) is 4.89. The Morgan fingerprint density at radius 2 is 2.25 bits per heavy atom. The molecule has 88 valence electrons. The molecule has 1 fully saturated rings. The maximum atomic E-state index is 6.13. The topological polar surface area (TPSA) is 24.9 Å². The normalized spacial score (nSPS) is 25.6. The van der Waals surface area contributed by atoms with E-state index in [1.54, 1.807) is 0 Å². The summed E-state index contributed by atoms with van der Waals surface area (Å²) in [5.41, 5.74) is 0. The molecule has 1 saturated carbocycles. The van der Waals surface area contributed by atoms with Gasteiger partial charge in [-0.2, -0.15) is 0 Å². The van der Waals surface area contributed by atoms with Crippen molar-refractivity contribution in [2.24, 2.45) is 0 Å². The zero-order valence-corrected chi connectivity index (χ0v) is 11.0. The number of pyridine rings is 1. The maximum absolute atomic E-state index is 6.13. The molecule has 0 saturated heterocycles. The Balaban J connectivity index is 2.05. The Morgan fingerprint density at radius 3 is 3.00 bits per heavy atom. The molecule has 1 aromatic heterocycles. The molecule has 0 aromatic carbocycles. The van der Waals surface area contributed by atoms with Gasteiger partial charge in [-0.15, -0.1) is 0 Å². The van der Waals surface area contributed by atoms with Gasteiger partial charge in [0.2, 0.25) is 0 Å². The van der Waals surface area contributed by atoms with Crippen LogP contribution >= 0.6 is 23.4 Å². The van der Waals surface area contributed by atoms with Crippen molar-refractivity contribution in [3.05, 3.63) is 23.4 Å². The van der Waals surface area contributed by atoms with Crippen LogP contribution in [0, 0.1) is 0 Å². The van der Waals surface area contributed by atoms with Crippen LogP contribution in [0.5, 0.6) is 0 Å². The highest BCUT2D eigenvalue weighted by molar-refractivity contribution is 8.00. The van der Waals surface area contributed by atoms with E-state index in [4.69, 9.17) is 11.6 Å². The number of aromatic nitrogens is 1. The van der Waals surface area contributed by atoms with Gasteiger partial charge in [-0.25, -0.2) is 4.98 Å². The number of hydrogen-bond acceptors (Lipinski definition) is 3. The molecule has 2 atom stereocenters. The first-order valence-corrected chi connectivity index (χ1v) is 7.01. The van der Waals surface area contributed by atoms with Crippen molar-refractivity contribution in [1.82, 2.24) is 10.3 Å². The highest BCUT2D eigenvalue weighted by Gasteiger charge is 2.25. The molecule has 4 heteroatoms. The summed E-state index contributed by atoms with van der Waals surface area (Å²) in [5, 5.41) is 5.74. The Kier molecular flexibility index (Phi) is 4.50. The number of nitrogens with zero attached hydrogens (tertiary/aromatic N) is 1. The van der Waals surface area contributed by atoms with E-state index in [2.05, 4.69) is 10.3 Å². The summed E-state index contributed by atoms with van der Waals surface area (Å²) in [6.07, 6.45) is 6.98. The summed E-state index contributed by atoms with van der Waals surface area (Å²) in [6.45, 7) is 0. The van der Waals surface area contributed by atoms with E-state index in [-0.39, 0.29) is 0 Å². The lowest BCUT2D eigenvalue weighted by Crippen LogP contribution is -2.38. The van der Waals surface area contributed by atoms with Crippen molar-refractivity contribution >= 4 is 23.4 Å². The lowest BCUT2D eigenvalue weighted by molar-refractivity contribution is 0.405. The number of halogens is 1. The SMILES string of the molecule is CNC1CCCCC1Sc1ncccc1Cl. The molecular weight excluding hydrogens is 240 g/mol. The van der Waals surface area contributed by atoms with Crippen LogP contribution in [0.3, 0.4) is 0 Å². The second-order valence-corrected chi connectivity index (χ2v) is 5.76. The Morgan fingerprint density at radius 1 is 1.44 bits per heavy atom. The molecule has 16 heavy (non-hydrogen) atoms. The van der Waals surface area contributed by atoms with Crippen LogP contribution in [-0.4, -0.2) is 23.3 Å². The third-order valence-electron chi connectivity index (χ3n) is 3.06. The molecule has 2 nitrogen and oxygen atoms in total. The molecular formula is C12H17ClN2S. The van der Waals surface area contributed by atoms with Crippen LogP contribution in [0.4, 0.5) is 0 Å². The number of hydrogen-bond donors (Lipinski definition) is 1. The Hall–Kier alpha value is -0.250. The van der Waals surface area contributed by atoms with E-state index in [1.165, 1.54) is 25.7 Å². The van der Waals surface area contributed by atoms with Crippen molar-refractivity contribution in [3.63, 3.8) is 0 Å². The van der Waals surface area contributed by atoms with Crippen LogP contribution in [-0.2, 0) is 0 Å². The molecule has 1 aliphatic rings. The van der Waals surface area contributed by atoms with Gasteiger partial charge in [-0.1, -0.05) is 36.2 Å². The predicted molar refractivity (Wildman–Crippen MR) is 70.2 cm³/mol. The minimum atomic E-state index is 0.594. The molecule has 0 bridgehead atoms. The van der Waals surface area contributed by atoms with Crippen LogP contribution in [0.15, 0.2) is 23.4 Å². The second kappa shape index (κ2) is 5.89. The molecule has 2 unspecified atom stereocenters. The van der Waals surface area contributed by atoms with E-state index < -0.39 is 0 Å². The Bertz CT molecular complexity index is 346. The van der Waals surface area contributed by atoms with Gasteiger partial charge >= 0.3 is 0 Å². The van der Waals surface area contributed by atoms with E-state index in [1.807, 2.05) is 37.1 Å². The minimum Gasteiger partial charge on any atom is -0.316 e. The highest BCUT2D eigenvalue weighted by Crippen LogP contribution is 2.35. The lowest BCUT2D eigenvalue weighted by atomic mass is 9.95. The summed E-state index contributed by atoms with van der Waals surface area (Å²) in [6, 6.07) is 4.38. The molecule has 0 amide bonds. The zero-order chi connectivity index (χ0) is 11.4. The van der Waals surface area contributed by atoms with E-state index in [0.29, 0.717) is 11.3 Å². The van der Waals surface area contributed by atoms with Gasteiger partial charge in [0.25, 0.3) is 0 Å². The third kappa shape index (κ3) is 2.90. The monoisotopic (exact) mass is 256 g/mol. The molecule has 0 aliphatic heterocycles. The predicted octanol–water partition coefficient (Wildman–Crippen LogP) is 3.36. The highest BCUT2D eigenvalue weighted by atomic mass is 35.5. The average molecular weight is 257 g/mol. The van der Waals surface area contributed by atoms with Gasteiger partial charge in [0.15, 0.2) is 0 Å². The van der Waals surface area contributed by atoms with Crippen molar-refractivity contribution in [3.8, 4) is 0 Å². The maximum Gasteiger partial charge on any atom is 0.115 e. The fourth-order valence-corrected chi connectivity index (χ4v) is 3.73. The number of nitrogens with one attached hydrogen (secondary N) is 1. The lowest BCUT2D eigenvalue weighted by Gasteiger charge is -2.30. The van der Waals surface area contributed by atoms with E-state index in [9.17, 15) is 0 Å². The summed E-state index contributed by atoms with van der Waals surface area (Å²) in [4.78, 5) is 4.34. The second-order valence-electron chi connectivity index (χ2n) is 4.13. The van der Waals surface area contributed by atoms with Crippen LogP contribution in [0.1, 0.15) is 25.7 Å². The fourth-order valence-electron chi connectivity index (χ4n) is 2.17. The van der Waals surface area contributed by atoms with Gasteiger partial charge in [0.1, 0.15) is 5.03 Å². The molecule has 0 radical (unpaired) electrons. The number of thioether (sulfide) groups is 1. The van der Waals surface area contributed by atoms with Crippen molar-refractivity contribution in [1.29, 1.82) is 0 Å². The largest absolute Gasteiger partial charge is 0.316 e. The van der Waals surface area contributed by atoms with Crippen molar-refractivity contribution < 1.29 is 0 Å². The van der Waals surface area contributed by atoms with Gasteiger partial charge in [0, 0.05) is 17.5 Å². The molecule has 1 aromatic rings. The summed E-state index contributed by atoms with van der Waals surface area (Å²) in [5.74, 6) is 0. The van der Waals surface area contributed by atoms with Gasteiger partial charge < -0.3 is 5.32 Å². The van der Waals surface area contributed by atoms with Crippen LogP contribution < -0.4 is 5.32 Å². The van der Waals surface area contributed by atoms with Gasteiger partial charge in [-0.3, -0.25) is 0 Å². The van der Waals surface area contributed by atoms with Crippen molar-refractivity contribution in [2.75, 3.05) is 7.05 Å². The first-order chi connectivity index (χ1) is 7.81. The summed E-state index contributed by atoms with van der Waals surface area (Å²) >= 11 is 7.95. The molecule has 1 heterocycles. The fraction of sp³-hybridized carbons (Fsp3) is 0.583. The molecule has 2 rings (SSSR count). The van der Waals surface area contributed by atoms with Gasteiger partial charge in [0.05, 0.1) is 5.02 Å².